The number of carbonyl (C=O) groups is 1. The van der Waals surface area contributed by atoms with Crippen molar-refractivity contribution in [1.29, 1.82) is 0 Å². The molecule has 114 valence electrons. The molecule has 21 heavy (non-hydrogen) atoms. The van der Waals surface area contributed by atoms with Gasteiger partial charge in [-0.1, -0.05) is 6.07 Å². The van der Waals surface area contributed by atoms with Crippen molar-refractivity contribution in [2.24, 2.45) is 5.41 Å². The number of piperidine rings is 1. The van der Waals surface area contributed by atoms with Crippen LogP contribution in [0.2, 0.25) is 0 Å². The maximum absolute atomic E-state index is 13.7. The molecule has 0 unspecified atom stereocenters. The number of nitrogens with zero attached hydrogens (tertiary/aromatic N) is 1. The average molecular weight is 292 g/mol. The van der Waals surface area contributed by atoms with Gasteiger partial charge in [-0.2, -0.15) is 0 Å². The van der Waals surface area contributed by atoms with E-state index in [2.05, 4.69) is 10.2 Å². The summed E-state index contributed by atoms with van der Waals surface area (Å²) in [5.74, 6) is 0.154. The molecular weight excluding hydrogens is 271 g/mol. The minimum atomic E-state index is -0.311. The lowest BCUT2D eigenvalue weighted by Gasteiger charge is -2.38. The zero-order chi connectivity index (χ0) is 14.9. The van der Waals surface area contributed by atoms with Crippen molar-refractivity contribution in [3.8, 4) is 5.75 Å². The average Bonchev–Trinajstić information content (AvgIpc) is 2.83. The summed E-state index contributed by atoms with van der Waals surface area (Å²) >= 11 is 0. The molecule has 1 spiro atoms. The van der Waals surface area contributed by atoms with E-state index in [9.17, 15) is 9.18 Å². The Morgan fingerprint density at radius 3 is 2.71 bits per heavy atom. The SMILES string of the molecule is COc1ccc(CN2CCC3(CC2)CNC(=O)C3)cc1F. The zero-order valence-electron chi connectivity index (χ0n) is 12.3. The van der Waals surface area contributed by atoms with Crippen molar-refractivity contribution in [1.82, 2.24) is 10.2 Å². The summed E-state index contributed by atoms with van der Waals surface area (Å²) in [5.41, 5.74) is 1.13. The highest BCUT2D eigenvalue weighted by molar-refractivity contribution is 5.79. The van der Waals surface area contributed by atoms with Gasteiger partial charge in [-0.15, -0.1) is 0 Å². The van der Waals surface area contributed by atoms with Crippen molar-refractivity contribution >= 4 is 5.91 Å². The number of methoxy groups -OCH3 is 1. The van der Waals surface area contributed by atoms with E-state index in [0.717, 1.165) is 44.6 Å². The quantitative estimate of drug-likeness (QED) is 0.925. The molecule has 1 amide bonds. The molecule has 1 aromatic carbocycles. The van der Waals surface area contributed by atoms with E-state index >= 15 is 0 Å². The second-order valence-corrected chi connectivity index (χ2v) is 6.20. The monoisotopic (exact) mass is 292 g/mol. The first-order valence-corrected chi connectivity index (χ1v) is 7.42. The highest BCUT2D eigenvalue weighted by Crippen LogP contribution is 2.37. The van der Waals surface area contributed by atoms with E-state index in [-0.39, 0.29) is 22.9 Å². The minimum Gasteiger partial charge on any atom is -0.494 e. The molecule has 0 saturated carbocycles. The number of likely N-dealkylation sites (tertiary alicyclic amines) is 1. The molecule has 5 heteroatoms. The van der Waals surface area contributed by atoms with Gasteiger partial charge in [0.15, 0.2) is 11.6 Å². The molecule has 2 aliphatic rings. The van der Waals surface area contributed by atoms with Crippen LogP contribution in [0.15, 0.2) is 18.2 Å². The Kier molecular flexibility index (Phi) is 3.85. The van der Waals surface area contributed by atoms with Crippen molar-refractivity contribution in [2.45, 2.75) is 25.8 Å². The number of benzene rings is 1. The van der Waals surface area contributed by atoms with Crippen LogP contribution in [-0.2, 0) is 11.3 Å². The first-order valence-electron chi connectivity index (χ1n) is 7.42. The molecule has 0 aliphatic carbocycles. The number of halogens is 1. The molecule has 2 heterocycles. The van der Waals surface area contributed by atoms with E-state index in [1.165, 1.54) is 7.11 Å². The highest BCUT2D eigenvalue weighted by Gasteiger charge is 2.40. The molecule has 1 aromatic rings. The van der Waals surface area contributed by atoms with Gasteiger partial charge in [-0.25, -0.2) is 4.39 Å². The molecule has 2 aliphatic heterocycles. The summed E-state index contributed by atoms with van der Waals surface area (Å²) in [6, 6.07) is 5.13. The summed E-state index contributed by atoms with van der Waals surface area (Å²) in [4.78, 5) is 13.7. The number of rotatable bonds is 3. The van der Waals surface area contributed by atoms with Gasteiger partial charge in [0.1, 0.15) is 0 Å². The second-order valence-electron chi connectivity index (χ2n) is 6.20. The summed E-state index contributed by atoms with van der Waals surface area (Å²) in [6.45, 7) is 3.49. The van der Waals surface area contributed by atoms with Crippen LogP contribution < -0.4 is 10.1 Å². The molecule has 0 bridgehead atoms. The van der Waals surface area contributed by atoms with Crippen LogP contribution in [0.4, 0.5) is 4.39 Å². The molecule has 2 fully saturated rings. The fraction of sp³-hybridized carbons (Fsp3) is 0.562. The topological polar surface area (TPSA) is 41.6 Å². The van der Waals surface area contributed by atoms with Crippen LogP contribution >= 0.6 is 0 Å². The smallest absolute Gasteiger partial charge is 0.220 e. The lowest BCUT2D eigenvalue weighted by atomic mass is 9.77. The minimum absolute atomic E-state index is 0.165. The number of hydrogen-bond acceptors (Lipinski definition) is 3. The van der Waals surface area contributed by atoms with E-state index in [1.54, 1.807) is 12.1 Å². The fourth-order valence-corrected chi connectivity index (χ4v) is 3.36. The van der Waals surface area contributed by atoms with Crippen molar-refractivity contribution in [3.63, 3.8) is 0 Å². The lowest BCUT2D eigenvalue weighted by Crippen LogP contribution is -2.40. The van der Waals surface area contributed by atoms with Crippen molar-refractivity contribution in [2.75, 3.05) is 26.7 Å². The van der Waals surface area contributed by atoms with Crippen LogP contribution in [0.25, 0.3) is 0 Å². The Labute approximate surface area is 124 Å². The summed E-state index contributed by atoms with van der Waals surface area (Å²) < 4.78 is 18.6. The maximum atomic E-state index is 13.7. The first kappa shape index (κ1) is 14.3. The van der Waals surface area contributed by atoms with E-state index in [4.69, 9.17) is 4.74 Å². The van der Waals surface area contributed by atoms with Gasteiger partial charge in [-0.3, -0.25) is 9.69 Å². The number of nitrogens with one attached hydrogen (secondary N) is 1. The Morgan fingerprint density at radius 1 is 1.38 bits per heavy atom. The van der Waals surface area contributed by atoms with E-state index in [0.29, 0.717) is 6.42 Å². The second kappa shape index (κ2) is 5.64. The van der Waals surface area contributed by atoms with Crippen LogP contribution in [0.5, 0.6) is 5.75 Å². The van der Waals surface area contributed by atoms with Crippen LogP contribution in [0.1, 0.15) is 24.8 Å². The van der Waals surface area contributed by atoms with Gasteiger partial charge in [0.2, 0.25) is 5.91 Å². The lowest BCUT2D eigenvalue weighted by molar-refractivity contribution is -0.119. The normalized spacial score (nSPS) is 21.5. The van der Waals surface area contributed by atoms with E-state index in [1.807, 2.05) is 6.07 Å². The summed E-state index contributed by atoms with van der Waals surface area (Å²) in [5, 5.41) is 2.94. The molecule has 4 nitrogen and oxygen atoms in total. The highest BCUT2D eigenvalue weighted by atomic mass is 19.1. The van der Waals surface area contributed by atoms with Gasteiger partial charge >= 0.3 is 0 Å². The van der Waals surface area contributed by atoms with Crippen LogP contribution in [0, 0.1) is 11.2 Å². The molecule has 0 aromatic heterocycles. The predicted octanol–water partition coefficient (Wildman–Crippen LogP) is 1.94. The number of ether oxygens (including phenoxy) is 1. The Balaban J connectivity index is 1.58. The van der Waals surface area contributed by atoms with Gasteiger partial charge < -0.3 is 10.1 Å². The fourth-order valence-electron chi connectivity index (χ4n) is 3.36. The standard InChI is InChI=1S/C16H21FN2O2/c1-21-14-3-2-12(8-13(14)17)10-19-6-4-16(5-7-19)9-15(20)18-11-16/h2-3,8H,4-7,9-11H2,1H3,(H,18,20). The molecule has 2 saturated heterocycles. The number of carbonyl (C=O) groups excluding carboxylic acids is 1. The van der Waals surface area contributed by atoms with Gasteiger partial charge in [0, 0.05) is 19.5 Å². The molecule has 0 radical (unpaired) electrons. The van der Waals surface area contributed by atoms with Gasteiger partial charge in [0.25, 0.3) is 0 Å². The predicted molar refractivity (Wildman–Crippen MR) is 77.5 cm³/mol. The number of amides is 1. The van der Waals surface area contributed by atoms with Gasteiger partial charge in [0.05, 0.1) is 7.11 Å². The third-order valence-electron chi connectivity index (χ3n) is 4.74. The summed E-state index contributed by atoms with van der Waals surface area (Å²) in [6.07, 6.45) is 2.73. The first-order chi connectivity index (χ1) is 10.1. The van der Waals surface area contributed by atoms with Crippen molar-refractivity contribution < 1.29 is 13.9 Å². The summed E-state index contributed by atoms with van der Waals surface area (Å²) in [7, 11) is 1.47. The van der Waals surface area contributed by atoms with Gasteiger partial charge in [-0.05, 0) is 49.0 Å². The molecular formula is C16H21FN2O2. The zero-order valence-corrected chi connectivity index (χ0v) is 12.3. The van der Waals surface area contributed by atoms with Crippen molar-refractivity contribution in [3.05, 3.63) is 29.6 Å². The Hall–Kier alpha value is -1.62. The molecule has 3 rings (SSSR count). The van der Waals surface area contributed by atoms with Crippen LogP contribution in [0.3, 0.4) is 0 Å². The largest absolute Gasteiger partial charge is 0.494 e. The third-order valence-corrected chi connectivity index (χ3v) is 4.74. The Morgan fingerprint density at radius 2 is 2.14 bits per heavy atom. The van der Waals surface area contributed by atoms with E-state index < -0.39 is 0 Å². The maximum Gasteiger partial charge on any atom is 0.220 e. The molecule has 1 N–H and O–H groups in total. The Bertz CT molecular complexity index is 539. The third kappa shape index (κ3) is 3.02. The molecule has 0 atom stereocenters. The van der Waals surface area contributed by atoms with Crippen LogP contribution in [-0.4, -0.2) is 37.6 Å². The number of hydrogen-bond donors (Lipinski definition) is 1.